The maximum absolute atomic E-state index is 12.2. The number of carbonyl (C=O) groups excluding carboxylic acids is 2. The fraction of sp³-hybridized carbons (Fsp3) is 0.556. The van der Waals surface area contributed by atoms with Crippen molar-refractivity contribution in [1.82, 2.24) is 9.80 Å². The van der Waals surface area contributed by atoms with E-state index < -0.39 is 19.6 Å². The minimum absolute atomic E-state index is 0. The molecule has 0 spiro atoms. The first kappa shape index (κ1) is 120. The van der Waals surface area contributed by atoms with Crippen LogP contribution in [0.25, 0.3) is 0 Å². The van der Waals surface area contributed by atoms with Crippen molar-refractivity contribution in [2.45, 2.75) is 72.4 Å². The topological polar surface area (TPSA) is 86.8 Å². The standard InChI is InChI=1S/C16H23NO3.C13H23NOSi.C7H12O3.15K.15H/c1-3-19-15(18)16(20-4-2)10-11-17(13-16)12-14-8-6-5-7-9-14;1-15-11-14(12-16(2,3)4)10-13-8-6-5-7-9-13;1-4-9-6(3)7(8)10-5-2;;;;;;;;;;;;;;;;;;;;;;;;;;;;;;/h5-9H,3-4,10-13H2,1-2H3;5-9H,10-12H2,1-4H3;3-5H2,1-2H3;;;;;;;;;;;;;;;;;;;;;;;;;;;;;;/q;;;15*+1;15*-1. The Balaban J connectivity index is -0.0000000128. The van der Waals surface area contributed by atoms with Crippen molar-refractivity contribution in [3.63, 3.8) is 0 Å². The van der Waals surface area contributed by atoms with Gasteiger partial charge in [-0.15, -0.1) is 0 Å². The number of benzene rings is 2. The number of esters is 2. The molecule has 9 nitrogen and oxygen atoms in total. The van der Waals surface area contributed by atoms with E-state index in [1.165, 1.54) is 17.3 Å². The monoisotopic (exact) mass is 1260 g/mol. The molecule has 0 aromatic heterocycles. The van der Waals surface area contributed by atoms with Crippen LogP contribution in [0.2, 0.25) is 19.6 Å². The van der Waals surface area contributed by atoms with E-state index in [2.05, 4.69) is 83.2 Å². The van der Waals surface area contributed by atoms with Gasteiger partial charge in [-0.1, -0.05) is 80.3 Å². The maximum atomic E-state index is 12.2. The number of rotatable bonds is 16. The minimum atomic E-state index is -1.07. The summed E-state index contributed by atoms with van der Waals surface area (Å²) in [7, 11) is 0.701. The fourth-order valence-corrected chi connectivity index (χ4v) is 6.55. The van der Waals surface area contributed by atoms with Crippen LogP contribution in [0, 0.1) is 0 Å². The molecule has 1 aliphatic rings. The van der Waals surface area contributed by atoms with Crippen molar-refractivity contribution in [2.24, 2.45) is 0 Å². The normalized spacial score (nSPS) is 12.1. The van der Waals surface area contributed by atoms with Crippen molar-refractivity contribution < 1.29 is 825 Å². The molecule has 0 radical (unpaired) electrons. The Hall–Kier alpha value is 21.5. The first-order chi connectivity index (χ1) is 21.9. The summed E-state index contributed by atoms with van der Waals surface area (Å²) in [5.41, 5.74) is 1.83. The Morgan fingerprint density at radius 3 is 1.48 bits per heavy atom. The molecule has 2 aromatic rings. The van der Waals surface area contributed by atoms with E-state index in [1.807, 2.05) is 32.0 Å². The van der Waals surface area contributed by atoms with Crippen LogP contribution in [0.3, 0.4) is 0 Å². The van der Waals surface area contributed by atoms with E-state index in [0.717, 1.165) is 26.4 Å². The molecule has 0 saturated carbocycles. The van der Waals surface area contributed by atoms with Gasteiger partial charge in [0.2, 0.25) is 0 Å². The van der Waals surface area contributed by atoms with E-state index in [9.17, 15) is 9.59 Å². The molecule has 1 atom stereocenters. The molecule has 1 heterocycles. The molecule has 288 valence electrons. The summed E-state index contributed by atoms with van der Waals surface area (Å²) in [6.07, 6.45) is 1.88. The van der Waals surface area contributed by atoms with Gasteiger partial charge in [0.05, 0.1) is 34.6 Å². The number of likely N-dealkylation sites (tertiary alicyclic amines) is 1. The van der Waals surface area contributed by atoms with Crippen molar-refractivity contribution in [3.05, 3.63) is 84.1 Å². The summed E-state index contributed by atoms with van der Waals surface area (Å²) < 4.78 is 25.6. The number of ether oxygens (including phenoxy) is 5. The van der Waals surface area contributed by atoms with Gasteiger partial charge in [0.15, 0.2) is 11.4 Å². The van der Waals surface area contributed by atoms with Gasteiger partial charge in [-0.25, -0.2) is 9.59 Å². The molecule has 1 saturated heterocycles. The van der Waals surface area contributed by atoms with Gasteiger partial charge in [0.25, 0.3) is 0 Å². The van der Waals surface area contributed by atoms with Gasteiger partial charge >= 0.3 is 783 Å². The van der Waals surface area contributed by atoms with E-state index in [4.69, 9.17) is 18.9 Å². The van der Waals surface area contributed by atoms with Crippen LogP contribution in [0.1, 0.15) is 66.6 Å². The van der Waals surface area contributed by atoms with Crippen molar-refractivity contribution in [3.8, 4) is 0 Å². The summed E-state index contributed by atoms with van der Waals surface area (Å²) in [4.78, 5) is 27.5. The molecular weight excluding hydrogens is 1190 g/mol. The van der Waals surface area contributed by atoms with Gasteiger partial charge in [-0.05, 0) is 51.6 Å². The van der Waals surface area contributed by atoms with Crippen LogP contribution < -0.4 is 771 Å². The van der Waals surface area contributed by atoms with E-state index in [0.29, 0.717) is 39.4 Å². The Morgan fingerprint density at radius 1 is 0.672 bits per heavy atom. The second kappa shape index (κ2) is 81.5. The smallest absolute Gasteiger partial charge is 1.00 e. The second-order valence-electron chi connectivity index (χ2n) is 12.1. The van der Waals surface area contributed by atoms with E-state index in [1.54, 1.807) is 21.0 Å². The second-order valence-corrected chi connectivity index (χ2v) is 17.6. The summed E-state index contributed by atoms with van der Waals surface area (Å²) in [6.45, 7) is 23.5. The van der Waals surface area contributed by atoms with Crippen LogP contribution in [0.15, 0.2) is 73.0 Å². The van der Waals surface area contributed by atoms with Crippen LogP contribution in [-0.2, 0) is 46.4 Å². The van der Waals surface area contributed by atoms with Crippen LogP contribution in [-0.4, -0.2) is 94.9 Å². The minimum Gasteiger partial charge on any atom is -1.00 e. The quantitative estimate of drug-likeness (QED) is 0.0536. The predicted molar refractivity (Wildman–Crippen MR) is 203 cm³/mol. The molecule has 25 heteroatoms. The molecule has 1 unspecified atom stereocenters. The summed E-state index contributed by atoms with van der Waals surface area (Å²) in [5, 5.41) is 0. The SMILES string of the molecule is C=C(OCC)C(=O)OCC.CCOC(=O)C1(OCC)CCN(Cc2ccccc2)C1.COCN(Cc1ccccc1)C[Si](C)(C)C.[H-].[H-].[H-].[H-].[H-].[H-].[H-].[H-].[H-].[H-].[H-].[H-].[H-].[H-].[H-].[K+].[K+].[K+].[K+].[K+].[K+].[K+].[K+].[K+].[K+].[K+].[K+].[K+].[K+].[K+]. The number of hydrogen-bond donors (Lipinski definition) is 0. The Morgan fingerprint density at radius 2 is 1.10 bits per heavy atom. The Kier molecular flexibility index (Phi) is 161. The van der Waals surface area contributed by atoms with Gasteiger partial charge in [0.1, 0.15) is 0 Å². The molecule has 1 aliphatic heterocycles. The molecular formula is C36H73K15N2O7Si. The molecule has 0 N–H and O–H groups in total. The summed E-state index contributed by atoms with van der Waals surface area (Å²) in [5.74, 6) is -0.633. The molecule has 3 rings (SSSR count). The zero-order valence-electron chi connectivity index (χ0n) is 59.5. The van der Waals surface area contributed by atoms with Crippen LogP contribution >= 0.6 is 0 Å². The van der Waals surface area contributed by atoms with Gasteiger partial charge in [0, 0.05) is 46.3 Å². The third-order valence-corrected chi connectivity index (χ3v) is 8.10. The summed E-state index contributed by atoms with van der Waals surface area (Å²) in [6, 6.07) is 20.9. The number of nitrogens with zero attached hydrogens (tertiary/aromatic N) is 2. The molecule has 0 amide bonds. The van der Waals surface area contributed by atoms with Crippen LogP contribution in [0.4, 0.5) is 0 Å². The molecule has 1 fully saturated rings. The largest absolute Gasteiger partial charge is 1.00 e. The van der Waals surface area contributed by atoms with Crippen molar-refractivity contribution in [2.75, 3.05) is 59.5 Å². The first-order valence-electron chi connectivity index (χ1n) is 16.2. The number of carbonyl (C=O) groups is 2. The van der Waals surface area contributed by atoms with Gasteiger partial charge in [-0.2, -0.15) is 0 Å². The summed E-state index contributed by atoms with van der Waals surface area (Å²) >= 11 is 0. The Labute approximate surface area is 1030 Å². The molecule has 0 aliphatic carbocycles. The van der Waals surface area contributed by atoms with E-state index in [-0.39, 0.29) is 804 Å². The zero-order valence-corrected chi connectivity index (χ0v) is 92.4. The Bertz CT molecular complexity index is 1220. The third kappa shape index (κ3) is 67.3. The molecule has 2 aromatic carbocycles. The third-order valence-electron chi connectivity index (χ3n) is 6.71. The fourth-order valence-electron chi connectivity index (χ4n) is 5.00. The average molecular weight is 1260 g/mol. The maximum Gasteiger partial charge on any atom is 1.00 e. The number of methoxy groups -OCH3 is 1. The van der Waals surface area contributed by atoms with Gasteiger partial charge in [-0.3, -0.25) is 9.80 Å². The zero-order chi connectivity index (χ0) is 34.4. The van der Waals surface area contributed by atoms with Gasteiger partial charge < -0.3 is 45.1 Å². The van der Waals surface area contributed by atoms with E-state index >= 15 is 0 Å². The first-order valence-corrected chi connectivity index (χ1v) is 20.0. The number of hydrogen-bond acceptors (Lipinski definition) is 9. The molecule has 61 heavy (non-hydrogen) atoms. The average Bonchev–Trinajstić information content (AvgIpc) is 3.42. The van der Waals surface area contributed by atoms with Crippen LogP contribution in [0.5, 0.6) is 0 Å². The van der Waals surface area contributed by atoms with Crippen molar-refractivity contribution >= 4 is 20.0 Å². The molecule has 0 bridgehead atoms. The van der Waals surface area contributed by atoms with Crippen molar-refractivity contribution in [1.29, 1.82) is 0 Å². The predicted octanol–water partition coefficient (Wildman–Crippen LogP) is -37.0.